The van der Waals surface area contributed by atoms with Crippen LogP contribution in [0.1, 0.15) is 41.9 Å². The summed E-state index contributed by atoms with van der Waals surface area (Å²) >= 11 is 1.78. The first-order valence-corrected chi connectivity index (χ1v) is 12.4. The van der Waals surface area contributed by atoms with Gasteiger partial charge in [0.15, 0.2) is 5.82 Å². The van der Waals surface area contributed by atoms with E-state index in [2.05, 4.69) is 62.8 Å². The first kappa shape index (κ1) is 22.1. The van der Waals surface area contributed by atoms with Gasteiger partial charge >= 0.3 is 0 Å². The Balaban J connectivity index is 1.43. The Morgan fingerprint density at radius 3 is 2.82 bits per heavy atom. The highest BCUT2D eigenvalue weighted by Crippen LogP contribution is 2.25. The zero-order chi connectivity index (χ0) is 23.2. The maximum Gasteiger partial charge on any atom is 0.151 e. The third kappa shape index (κ3) is 5.09. The molecule has 9 heteroatoms. The molecular weight excluding hydrogens is 444 g/mol. The van der Waals surface area contributed by atoms with E-state index in [1.807, 2.05) is 24.4 Å². The number of rotatable bonds is 10. The molecule has 0 aliphatic heterocycles. The maximum atomic E-state index is 4.95. The monoisotopic (exact) mass is 470 g/mol. The van der Waals surface area contributed by atoms with Crippen LogP contribution in [0.5, 0.6) is 0 Å². The SMILES string of the molecule is CCCCn1nc(CCc2cccs2)nc1Cc1cccnc1-c1cccc(-n2cnnn2)c1. The van der Waals surface area contributed by atoms with Gasteiger partial charge < -0.3 is 0 Å². The zero-order valence-corrected chi connectivity index (χ0v) is 19.9. The number of nitrogens with zero attached hydrogens (tertiary/aromatic N) is 8. The van der Waals surface area contributed by atoms with Crippen molar-refractivity contribution in [1.82, 2.24) is 40.0 Å². The van der Waals surface area contributed by atoms with Crippen molar-refractivity contribution in [2.45, 2.75) is 45.6 Å². The predicted molar refractivity (Wildman–Crippen MR) is 132 cm³/mol. The first-order valence-electron chi connectivity index (χ1n) is 11.5. The van der Waals surface area contributed by atoms with Crippen LogP contribution in [0.3, 0.4) is 0 Å². The van der Waals surface area contributed by atoms with Gasteiger partial charge in [-0.1, -0.05) is 37.6 Å². The third-order valence-electron chi connectivity index (χ3n) is 5.66. The van der Waals surface area contributed by atoms with Gasteiger partial charge in [-0.25, -0.2) is 14.3 Å². The zero-order valence-electron chi connectivity index (χ0n) is 19.1. The summed E-state index contributed by atoms with van der Waals surface area (Å²) in [5, 5.41) is 18.5. The van der Waals surface area contributed by atoms with Gasteiger partial charge in [-0.3, -0.25) is 4.98 Å². The Morgan fingerprint density at radius 2 is 2.00 bits per heavy atom. The number of hydrogen-bond acceptors (Lipinski definition) is 7. The highest BCUT2D eigenvalue weighted by Gasteiger charge is 2.15. The fourth-order valence-corrected chi connectivity index (χ4v) is 4.64. The molecular formula is C25H26N8S. The number of aromatic nitrogens is 8. The van der Waals surface area contributed by atoms with Gasteiger partial charge in [-0.2, -0.15) is 5.10 Å². The van der Waals surface area contributed by atoms with Crippen LogP contribution in [0, 0.1) is 0 Å². The summed E-state index contributed by atoms with van der Waals surface area (Å²) in [6.45, 7) is 3.08. The molecule has 4 aromatic heterocycles. The number of aryl methyl sites for hydroxylation is 3. The number of benzene rings is 1. The van der Waals surface area contributed by atoms with Gasteiger partial charge in [0.25, 0.3) is 0 Å². The van der Waals surface area contributed by atoms with Crippen LogP contribution in [0.2, 0.25) is 0 Å². The second kappa shape index (κ2) is 10.5. The molecule has 0 unspecified atom stereocenters. The maximum absolute atomic E-state index is 4.95. The second-order valence-corrected chi connectivity index (χ2v) is 9.13. The topological polar surface area (TPSA) is 87.2 Å². The molecule has 0 bridgehead atoms. The van der Waals surface area contributed by atoms with Crippen molar-refractivity contribution in [3.63, 3.8) is 0 Å². The largest absolute Gasteiger partial charge is 0.256 e. The molecule has 0 aliphatic rings. The highest BCUT2D eigenvalue weighted by molar-refractivity contribution is 7.09. The molecule has 0 fully saturated rings. The van der Waals surface area contributed by atoms with Crippen LogP contribution in [0.4, 0.5) is 0 Å². The minimum absolute atomic E-state index is 0.675. The standard InChI is InChI=1S/C25H26N8S/c1-2-3-14-32-24(28-23(29-32)12-11-22-10-6-15-34-22)17-20-8-5-13-26-25(20)19-7-4-9-21(16-19)33-18-27-30-31-33/h4-10,13,15-16,18H,2-3,11-12,14,17H2,1H3. The molecule has 1 aromatic carbocycles. The minimum Gasteiger partial charge on any atom is -0.256 e. The Bertz CT molecular complexity index is 1320. The Labute approximate surface area is 202 Å². The fourth-order valence-electron chi connectivity index (χ4n) is 3.93. The van der Waals surface area contributed by atoms with E-state index in [1.165, 1.54) is 4.88 Å². The molecule has 34 heavy (non-hydrogen) atoms. The smallest absolute Gasteiger partial charge is 0.151 e. The summed E-state index contributed by atoms with van der Waals surface area (Å²) in [5.41, 5.74) is 3.95. The quantitative estimate of drug-likeness (QED) is 0.297. The molecule has 0 atom stereocenters. The molecule has 5 aromatic rings. The molecule has 0 N–H and O–H groups in total. The number of hydrogen-bond donors (Lipinski definition) is 0. The Kier molecular flexibility index (Phi) is 6.81. The fraction of sp³-hybridized carbons (Fsp3) is 0.280. The molecule has 0 aliphatic carbocycles. The molecule has 5 rings (SSSR count). The van der Waals surface area contributed by atoms with Gasteiger partial charge in [0.1, 0.15) is 12.2 Å². The van der Waals surface area contributed by atoms with Gasteiger partial charge in [-0.05, 0) is 58.5 Å². The second-order valence-electron chi connectivity index (χ2n) is 8.09. The Morgan fingerprint density at radius 1 is 1.03 bits per heavy atom. The summed E-state index contributed by atoms with van der Waals surface area (Å²) in [7, 11) is 0. The summed E-state index contributed by atoms with van der Waals surface area (Å²) in [6, 6.07) is 16.5. The molecule has 172 valence electrons. The number of pyridine rings is 1. The number of thiophene rings is 1. The van der Waals surface area contributed by atoms with Crippen molar-refractivity contribution in [2.75, 3.05) is 0 Å². The Hall–Kier alpha value is -3.72. The normalized spacial score (nSPS) is 11.2. The van der Waals surface area contributed by atoms with Gasteiger partial charge in [0.2, 0.25) is 0 Å². The van der Waals surface area contributed by atoms with Crippen LogP contribution in [-0.2, 0) is 25.8 Å². The lowest BCUT2D eigenvalue weighted by Crippen LogP contribution is -2.07. The average molecular weight is 471 g/mol. The van der Waals surface area contributed by atoms with E-state index in [9.17, 15) is 0 Å². The van der Waals surface area contributed by atoms with E-state index in [0.29, 0.717) is 6.42 Å². The van der Waals surface area contributed by atoms with Crippen molar-refractivity contribution >= 4 is 11.3 Å². The molecule has 0 saturated heterocycles. The third-order valence-corrected chi connectivity index (χ3v) is 6.60. The van der Waals surface area contributed by atoms with Gasteiger partial charge in [-0.15, -0.1) is 16.4 Å². The minimum atomic E-state index is 0.675. The van der Waals surface area contributed by atoms with E-state index in [-0.39, 0.29) is 0 Å². The summed E-state index contributed by atoms with van der Waals surface area (Å²) < 4.78 is 3.73. The van der Waals surface area contributed by atoms with Crippen molar-refractivity contribution in [3.8, 4) is 16.9 Å². The lowest BCUT2D eigenvalue weighted by atomic mass is 10.0. The van der Waals surface area contributed by atoms with Crippen LogP contribution in [0.15, 0.2) is 66.4 Å². The van der Waals surface area contributed by atoms with E-state index < -0.39 is 0 Å². The summed E-state index contributed by atoms with van der Waals surface area (Å²) in [5.74, 6) is 1.89. The van der Waals surface area contributed by atoms with Crippen molar-refractivity contribution in [3.05, 3.63) is 88.5 Å². The number of unbranched alkanes of at least 4 members (excludes halogenated alkanes) is 1. The van der Waals surface area contributed by atoms with E-state index in [1.54, 1.807) is 22.3 Å². The van der Waals surface area contributed by atoms with Crippen molar-refractivity contribution in [1.29, 1.82) is 0 Å². The predicted octanol–water partition coefficient (Wildman–Crippen LogP) is 4.55. The highest BCUT2D eigenvalue weighted by atomic mass is 32.1. The van der Waals surface area contributed by atoms with Gasteiger partial charge in [0.05, 0.1) is 11.4 Å². The van der Waals surface area contributed by atoms with Crippen LogP contribution in [0.25, 0.3) is 16.9 Å². The van der Waals surface area contributed by atoms with Crippen LogP contribution < -0.4 is 0 Å². The van der Waals surface area contributed by atoms with E-state index in [0.717, 1.165) is 66.4 Å². The average Bonchev–Trinajstić information content (AvgIpc) is 3.65. The van der Waals surface area contributed by atoms with Crippen LogP contribution in [-0.4, -0.2) is 40.0 Å². The first-order chi connectivity index (χ1) is 16.8. The lowest BCUT2D eigenvalue weighted by molar-refractivity contribution is 0.545. The molecule has 0 saturated carbocycles. The lowest BCUT2D eigenvalue weighted by Gasteiger charge is -2.10. The van der Waals surface area contributed by atoms with Crippen molar-refractivity contribution < 1.29 is 0 Å². The summed E-state index contributed by atoms with van der Waals surface area (Å²) in [6.07, 6.45) is 8.11. The van der Waals surface area contributed by atoms with Gasteiger partial charge in [0, 0.05) is 36.0 Å². The van der Waals surface area contributed by atoms with E-state index in [4.69, 9.17) is 15.1 Å². The molecule has 0 spiro atoms. The summed E-state index contributed by atoms with van der Waals surface area (Å²) in [4.78, 5) is 11.0. The molecule has 0 radical (unpaired) electrons. The molecule has 0 amide bonds. The van der Waals surface area contributed by atoms with E-state index >= 15 is 0 Å². The van der Waals surface area contributed by atoms with Crippen molar-refractivity contribution in [2.24, 2.45) is 0 Å². The number of tetrazole rings is 1. The van der Waals surface area contributed by atoms with Crippen LogP contribution >= 0.6 is 11.3 Å². The molecule has 8 nitrogen and oxygen atoms in total. The molecule has 4 heterocycles.